The van der Waals surface area contributed by atoms with Crippen molar-refractivity contribution < 1.29 is 4.79 Å². The third-order valence-electron chi connectivity index (χ3n) is 6.19. The number of rotatable bonds is 2. The largest absolute Gasteiger partial charge is 0.399 e. The molecule has 3 unspecified atom stereocenters. The molecule has 3 nitrogen and oxygen atoms in total. The van der Waals surface area contributed by atoms with Crippen LogP contribution in [0.1, 0.15) is 49.4 Å². The van der Waals surface area contributed by atoms with Gasteiger partial charge in [0, 0.05) is 11.7 Å². The maximum atomic E-state index is 12.7. The number of amides is 1. The van der Waals surface area contributed by atoms with Gasteiger partial charge in [-0.05, 0) is 73.5 Å². The summed E-state index contributed by atoms with van der Waals surface area (Å²) in [4.78, 5) is 12.7. The van der Waals surface area contributed by atoms with Crippen molar-refractivity contribution in [1.82, 2.24) is 5.32 Å². The van der Waals surface area contributed by atoms with Gasteiger partial charge in [-0.25, -0.2) is 0 Å². The lowest BCUT2D eigenvalue weighted by Gasteiger charge is -2.60. The van der Waals surface area contributed by atoms with Gasteiger partial charge in [-0.2, -0.15) is 0 Å². The molecular weight excluding hydrogens is 296 g/mol. The first kappa shape index (κ1) is 14.4. The highest BCUT2D eigenvalue weighted by molar-refractivity contribution is 6.34. The molecule has 0 aliphatic heterocycles. The number of nitrogen functional groups attached to an aromatic ring is 1. The first-order chi connectivity index (χ1) is 10.4. The highest BCUT2D eigenvalue weighted by Crippen LogP contribution is 2.59. The predicted molar refractivity (Wildman–Crippen MR) is 88.8 cm³/mol. The highest BCUT2D eigenvalue weighted by atomic mass is 35.5. The van der Waals surface area contributed by atoms with Crippen LogP contribution in [0.25, 0.3) is 0 Å². The lowest BCUT2D eigenvalue weighted by Crippen LogP contribution is -2.61. The number of carbonyl (C=O) groups is 1. The maximum absolute atomic E-state index is 12.7. The Morgan fingerprint density at radius 2 is 1.95 bits per heavy atom. The Hall–Kier alpha value is -1.22. The van der Waals surface area contributed by atoms with E-state index < -0.39 is 0 Å². The van der Waals surface area contributed by atoms with Crippen LogP contribution < -0.4 is 11.1 Å². The van der Waals surface area contributed by atoms with Gasteiger partial charge in [0.25, 0.3) is 5.91 Å². The van der Waals surface area contributed by atoms with E-state index in [2.05, 4.69) is 12.2 Å². The Bertz CT molecular complexity index is 616. The summed E-state index contributed by atoms with van der Waals surface area (Å²) in [5.74, 6) is 2.33. The Morgan fingerprint density at radius 3 is 2.59 bits per heavy atom. The maximum Gasteiger partial charge on any atom is 0.253 e. The van der Waals surface area contributed by atoms with Gasteiger partial charge in [0.05, 0.1) is 10.6 Å². The van der Waals surface area contributed by atoms with Gasteiger partial charge < -0.3 is 11.1 Å². The average Bonchev–Trinajstić information content (AvgIpc) is 2.44. The van der Waals surface area contributed by atoms with E-state index in [0.717, 1.165) is 11.8 Å². The van der Waals surface area contributed by atoms with Crippen molar-refractivity contribution in [2.45, 2.75) is 45.1 Å². The predicted octanol–water partition coefficient (Wildman–Crippen LogP) is 3.87. The summed E-state index contributed by atoms with van der Waals surface area (Å²) in [6.07, 6.45) is 6.49. The zero-order valence-electron chi connectivity index (χ0n) is 12.9. The van der Waals surface area contributed by atoms with Crippen LogP contribution in [0.4, 0.5) is 5.69 Å². The molecule has 0 heterocycles. The lowest BCUT2D eigenvalue weighted by molar-refractivity contribution is -0.0707. The molecule has 4 heteroatoms. The van der Waals surface area contributed by atoms with Crippen molar-refractivity contribution in [2.24, 2.45) is 23.2 Å². The zero-order chi connectivity index (χ0) is 15.5. The van der Waals surface area contributed by atoms with Crippen LogP contribution in [0.2, 0.25) is 5.02 Å². The summed E-state index contributed by atoms with van der Waals surface area (Å²) in [6.45, 7) is 2.36. The van der Waals surface area contributed by atoms with Gasteiger partial charge in [-0.3, -0.25) is 4.79 Å². The third-order valence-corrected chi connectivity index (χ3v) is 6.52. The molecule has 1 aromatic carbocycles. The number of benzene rings is 1. The van der Waals surface area contributed by atoms with E-state index in [4.69, 9.17) is 17.3 Å². The molecule has 0 radical (unpaired) electrons. The van der Waals surface area contributed by atoms with Crippen molar-refractivity contribution in [1.29, 1.82) is 0 Å². The molecule has 3 atom stereocenters. The fourth-order valence-electron chi connectivity index (χ4n) is 5.68. The smallest absolute Gasteiger partial charge is 0.253 e. The molecule has 5 rings (SSSR count). The lowest BCUT2D eigenvalue weighted by atomic mass is 9.48. The van der Waals surface area contributed by atoms with Crippen molar-refractivity contribution in [3.63, 3.8) is 0 Å². The van der Waals surface area contributed by atoms with Gasteiger partial charge in [0.1, 0.15) is 0 Å². The SMILES string of the molecule is CC12CC3CC(CC(C3)C1NC(=O)c1cc(N)ccc1Cl)C2. The first-order valence-corrected chi connectivity index (χ1v) is 8.68. The summed E-state index contributed by atoms with van der Waals surface area (Å²) < 4.78 is 0. The van der Waals surface area contributed by atoms with Crippen molar-refractivity contribution in [2.75, 3.05) is 5.73 Å². The second-order valence-corrected chi connectivity index (χ2v) is 8.36. The molecule has 1 aromatic rings. The number of anilines is 1. The minimum atomic E-state index is -0.0731. The van der Waals surface area contributed by atoms with Crippen LogP contribution in [-0.4, -0.2) is 11.9 Å². The number of nitrogens with one attached hydrogen (secondary N) is 1. The van der Waals surface area contributed by atoms with E-state index in [-0.39, 0.29) is 17.4 Å². The van der Waals surface area contributed by atoms with Gasteiger partial charge in [0.2, 0.25) is 0 Å². The van der Waals surface area contributed by atoms with Crippen LogP contribution in [0.15, 0.2) is 18.2 Å². The van der Waals surface area contributed by atoms with Crippen LogP contribution in [0, 0.1) is 23.2 Å². The van der Waals surface area contributed by atoms with E-state index in [1.165, 1.54) is 32.1 Å². The standard InChI is InChI=1S/C18H23ClN2O/c1-18-8-10-4-11(9-18)6-12(5-10)16(18)21-17(22)14-7-13(20)2-3-15(14)19/h2-3,7,10-12,16H,4-6,8-9,20H2,1H3,(H,21,22). The van der Waals surface area contributed by atoms with Crippen LogP contribution in [0.3, 0.4) is 0 Å². The molecule has 4 aliphatic carbocycles. The molecule has 3 N–H and O–H groups in total. The molecule has 4 bridgehead atoms. The Kier molecular flexibility index (Phi) is 3.19. The topological polar surface area (TPSA) is 55.1 Å². The highest BCUT2D eigenvalue weighted by Gasteiger charge is 2.55. The monoisotopic (exact) mass is 318 g/mol. The molecule has 0 saturated heterocycles. The molecule has 0 aromatic heterocycles. The number of nitrogens with two attached hydrogens (primary N) is 1. The molecule has 118 valence electrons. The zero-order valence-corrected chi connectivity index (χ0v) is 13.7. The number of carbonyl (C=O) groups excluding carboxylic acids is 1. The molecule has 22 heavy (non-hydrogen) atoms. The van der Waals surface area contributed by atoms with Crippen LogP contribution in [-0.2, 0) is 0 Å². The number of hydrogen-bond acceptors (Lipinski definition) is 2. The molecular formula is C18H23ClN2O. The van der Waals surface area contributed by atoms with Gasteiger partial charge >= 0.3 is 0 Å². The normalized spacial score (nSPS) is 39.0. The van der Waals surface area contributed by atoms with Gasteiger partial charge in [0.15, 0.2) is 0 Å². The van der Waals surface area contributed by atoms with Gasteiger partial charge in [-0.15, -0.1) is 0 Å². The van der Waals surface area contributed by atoms with Gasteiger partial charge in [-0.1, -0.05) is 18.5 Å². The Morgan fingerprint density at radius 1 is 1.27 bits per heavy atom. The van der Waals surface area contributed by atoms with E-state index >= 15 is 0 Å². The third kappa shape index (κ3) is 2.21. The minimum absolute atomic E-state index is 0.0731. The van der Waals surface area contributed by atoms with Crippen LogP contribution in [0.5, 0.6) is 0 Å². The summed E-state index contributed by atoms with van der Waals surface area (Å²) >= 11 is 6.18. The summed E-state index contributed by atoms with van der Waals surface area (Å²) in [7, 11) is 0. The minimum Gasteiger partial charge on any atom is -0.399 e. The van der Waals surface area contributed by atoms with Crippen molar-refractivity contribution in [3.05, 3.63) is 28.8 Å². The summed E-state index contributed by atoms with van der Waals surface area (Å²) in [5.41, 5.74) is 7.14. The molecule has 4 aliphatic rings. The second-order valence-electron chi connectivity index (χ2n) is 7.95. The van der Waals surface area contributed by atoms with E-state index in [9.17, 15) is 4.79 Å². The molecule has 0 spiro atoms. The summed E-state index contributed by atoms with van der Waals surface area (Å²) in [6, 6.07) is 5.38. The van der Waals surface area contributed by atoms with Crippen molar-refractivity contribution >= 4 is 23.2 Å². The van der Waals surface area contributed by atoms with E-state index in [1.807, 2.05) is 0 Å². The molecule has 1 amide bonds. The Balaban J connectivity index is 1.58. The fourth-order valence-corrected chi connectivity index (χ4v) is 5.88. The Labute approximate surface area is 136 Å². The first-order valence-electron chi connectivity index (χ1n) is 8.30. The fraction of sp³-hybridized carbons (Fsp3) is 0.611. The van der Waals surface area contributed by atoms with E-state index in [0.29, 0.717) is 22.2 Å². The summed E-state index contributed by atoms with van der Waals surface area (Å²) in [5, 5.41) is 3.78. The number of halogens is 1. The van der Waals surface area contributed by atoms with Crippen molar-refractivity contribution in [3.8, 4) is 0 Å². The average molecular weight is 319 g/mol. The molecule has 4 fully saturated rings. The van der Waals surface area contributed by atoms with Crippen LogP contribution >= 0.6 is 11.6 Å². The van der Waals surface area contributed by atoms with E-state index in [1.54, 1.807) is 18.2 Å². The molecule has 4 saturated carbocycles. The quantitative estimate of drug-likeness (QED) is 0.813. The number of hydrogen-bond donors (Lipinski definition) is 2. The second kappa shape index (κ2) is 4.89.